The molecule has 11 heteroatoms. The first-order valence-electron chi connectivity index (χ1n) is 12.9. The highest BCUT2D eigenvalue weighted by Crippen LogP contribution is 2.52. The van der Waals surface area contributed by atoms with Gasteiger partial charge in [-0.1, -0.05) is 18.2 Å². The highest BCUT2D eigenvalue weighted by molar-refractivity contribution is 7.89. The molecule has 204 valence electrons. The van der Waals surface area contributed by atoms with Crippen molar-refractivity contribution in [1.82, 2.24) is 14.1 Å². The normalized spacial score (nSPS) is 23.7. The number of amides is 2. The van der Waals surface area contributed by atoms with Gasteiger partial charge in [-0.2, -0.15) is 4.31 Å². The van der Waals surface area contributed by atoms with E-state index in [0.29, 0.717) is 63.8 Å². The zero-order chi connectivity index (χ0) is 27.1. The van der Waals surface area contributed by atoms with Crippen LogP contribution in [0.15, 0.2) is 53.4 Å². The fourth-order valence-corrected chi connectivity index (χ4v) is 7.60. The summed E-state index contributed by atoms with van der Waals surface area (Å²) in [5.74, 6) is -1.22. The molecule has 0 unspecified atom stereocenters. The number of carbonyl (C=O) groups excluding carboxylic acids is 2. The van der Waals surface area contributed by atoms with Crippen LogP contribution in [0.3, 0.4) is 0 Å². The van der Waals surface area contributed by atoms with Crippen LogP contribution in [0.25, 0.3) is 0 Å². The van der Waals surface area contributed by atoms with Crippen LogP contribution in [0.4, 0.5) is 13.6 Å². The van der Waals surface area contributed by atoms with E-state index in [9.17, 15) is 26.8 Å². The molecular weight excluding hydrogens is 516 g/mol. The summed E-state index contributed by atoms with van der Waals surface area (Å²) in [7, 11) is -4.24. The summed E-state index contributed by atoms with van der Waals surface area (Å²) in [6.07, 6.45) is 1.99. The predicted octanol–water partition coefficient (Wildman–Crippen LogP) is 4.08. The first kappa shape index (κ1) is 26.6. The van der Waals surface area contributed by atoms with Gasteiger partial charge in [0.25, 0.3) is 0 Å². The van der Waals surface area contributed by atoms with E-state index in [1.54, 1.807) is 11.0 Å². The molecule has 2 aromatic rings. The first-order valence-corrected chi connectivity index (χ1v) is 14.3. The maximum Gasteiger partial charge on any atom is 0.410 e. The Hall–Kier alpha value is -3.05. The number of carbonyl (C=O) groups is 2. The molecule has 0 spiro atoms. The van der Waals surface area contributed by atoms with Crippen LogP contribution < -0.4 is 0 Å². The van der Waals surface area contributed by atoms with Crippen LogP contribution in [-0.2, 0) is 19.6 Å². The van der Waals surface area contributed by atoms with Gasteiger partial charge in [-0.05, 0) is 68.0 Å². The van der Waals surface area contributed by atoms with Crippen LogP contribution in [0.2, 0.25) is 0 Å². The molecule has 2 aromatic carbocycles. The van der Waals surface area contributed by atoms with Crippen molar-refractivity contribution < 1.29 is 31.5 Å². The minimum absolute atomic E-state index is 0.0551. The Bertz CT molecular complexity index is 1330. The molecular formula is C27H31F2N3O5S. The predicted molar refractivity (Wildman–Crippen MR) is 134 cm³/mol. The first-order chi connectivity index (χ1) is 18.1. The lowest BCUT2D eigenvalue weighted by Gasteiger charge is -2.45. The Labute approximate surface area is 221 Å². The van der Waals surface area contributed by atoms with Gasteiger partial charge < -0.3 is 14.5 Å². The van der Waals surface area contributed by atoms with Gasteiger partial charge in [0.15, 0.2) is 0 Å². The molecule has 2 amide bonds. The third-order valence-electron chi connectivity index (χ3n) is 7.80. The highest BCUT2D eigenvalue weighted by Gasteiger charge is 2.60. The molecule has 0 radical (unpaired) electrons. The van der Waals surface area contributed by atoms with Crippen molar-refractivity contribution in [2.24, 2.45) is 0 Å². The summed E-state index contributed by atoms with van der Waals surface area (Å²) in [6.45, 7) is 2.96. The molecule has 38 heavy (non-hydrogen) atoms. The Morgan fingerprint density at radius 3 is 2.16 bits per heavy atom. The average Bonchev–Trinajstić information content (AvgIpc) is 3.68. The smallest absolute Gasteiger partial charge is 0.410 e. The van der Waals surface area contributed by atoms with Gasteiger partial charge in [0.05, 0.1) is 17.0 Å². The van der Waals surface area contributed by atoms with Crippen molar-refractivity contribution in [3.05, 3.63) is 65.7 Å². The minimum Gasteiger partial charge on any atom is -0.441 e. The number of hydrogen-bond acceptors (Lipinski definition) is 5. The standard InChI is InChI=1S/C27H31F2N3O5S/c1-19(33)30-13-15-31(16-14-30)26(34)37-27(11-12-27)25-10-4-9-24(20-5-2-6-21(28)17-20)32(25)38(35,36)23-8-3-7-22(29)18-23/h2-3,5-8,17-18,24-25H,4,9-16H2,1H3/t24-,25+/m0/s1. The molecule has 5 rings (SSSR count). The van der Waals surface area contributed by atoms with Crippen molar-refractivity contribution >= 4 is 22.0 Å². The van der Waals surface area contributed by atoms with Gasteiger partial charge in [0.1, 0.15) is 17.2 Å². The molecule has 2 saturated heterocycles. The lowest BCUT2D eigenvalue weighted by Crippen LogP contribution is -2.55. The number of halogens is 2. The third kappa shape index (κ3) is 5.13. The summed E-state index contributed by atoms with van der Waals surface area (Å²) in [6, 6.07) is 9.27. The molecule has 2 heterocycles. The molecule has 1 saturated carbocycles. The van der Waals surface area contributed by atoms with Crippen molar-refractivity contribution in [2.45, 2.75) is 61.6 Å². The quantitative estimate of drug-likeness (QED) is 0.563. The Morgan fingerprint density at radius 1 is 0.921 bits per heavy atom. The molecule has 0 bridgehead atoms. The number of ether oxygens (including phenoxy) is 1. The second-order valence-electron chi connectivity index (χ2n) is 10.2. The van der Waals surface area contributed by atoms with Crippen LogP contribution in [0.1, 0.15) is 50.6 Å². The molecule has 0 aromatic heterocycles. The number of benzene rings is 2. The van der Waals surface area contributed by atoms with Gasteiger partial charge in [-0.15, -0.1) is 0 Å². The van der Waals surface area contributed by atoms with Gasteiger partial charge in [0, 0.05) is 33.1 Å². The van der Waals surface area contributed by atoms with Gasteiger partial charge in [-0.3, -0.25) is 4.79 Å². The monoisotopic (exact) mass is 547 g/mol. The Balaban J connectivity index is 1.46. The number of hydrogen-bond donors (Lipinski definition) is 0. The van der Waals surface area contributed by atoms with Crippen molar-refractivity contribution in [3.63, 3.8) is 0 Å². The molecule has 1 aliphatic carbocycles. The maximum atomic E-state index is 14.2. The van der Waals surface area contributed by atoms with Crippen molar-refractivity contribution in [1.29, 1.82) is 0 Å². The summed E-state index contributed by atoms with van der Waals surface area (Å²) in [5, 5.41) is 0. The zero-order valence-corrected chi connectivity index (χ0v) is 22.0. The molecule has 2 aliphatic heterocycles. The zero-order valence-electron chi connectivity index (χ0n) is 21.2. The fourth-order valence-electron chi connectivity index (χ4n) is 5.65. The van der Waals surface area contributed by atoms with Gasteiger partial charge in [0.2, 0.25) is 15.9 Å². The molecule has 0 N–H and O–H groups in total. The summed E-state index contributed by atoms with van der Waals surface area (Å²) >= 11 is 0. The summed E-state index contributed by atoms with van der Waals surface area (Å²) in [4.78, 5) is 27.8. The number of rotatable bonds is 5. The van der Waals surface area contributed by atoms with Crippen LogP contribution in [-0.4, -0.2) is 72.3 Å². The molecule has 8 nitrogen and oxygen atoms in total. The fraction of sp³-hybridized carbons (Fsp3) is 0.481. The topological polar surface area (TPSA) is 87.2 Å². The average molecular weight is 548 g/mol. The number of sulfonamides is 1. The van der Waals surface area contributed by atoms with Gasteiger partial charge >= 0.3 is 6.09 Å². The van der Waals surface area contributed by atoms with E-state index in [4.69, 9.17) is 4.74 Å². The third-order valence-corrected chi connectivity index (χ3v) is 9.71. The number of piperazine rings is 1. The second kappa shape index (κ2) is 10.3. The molecule has 3 aliphatic rings. The van der Waals surface area contributed by atoms with Crippen molar-refractivity contribution in [2.75, 3.05) is 26.2 Å². The summed E-state index contributed by atoms with van der Waals surface area (Å²) in [5.41, 5.74) is -0.529. The molecule has 3 fully saturated rings. The van der Waals surface area contributed by atoms with Crippen LogP contribution in [0.5, 0.6) is 0 Å². The lowest BCUT2D eigenvalue weighted by atomic mass is 9.90. The minimum atomic E-state index is -4.24. The van der Waals surface area contributed by atoms with E-state index in [2.05, 4.69) is 0 Å². The highest BCUT2D eigenvalue weighted by atomic mass is 32.2. The van der Waals surface area contributed by atoms with Gasteiger partial charge in [-0.25, -0.2) is 22.0 Å². The van der Waals surface area contributed by atoms with E-state index >= 15 is 0 Å². The largest absolute Gasteiger partial charge is 0.441 e. The Kier molecular flexibility index (Phi) is 7.17. The van der Waals surface area contributed by atoms with Crippen LogP contribution >= 0.6 is 0 Å². The van der Waals surface area contributed by atoms with E-state index in [1.165, 1.54) is 52.5 Å². The Morgan fingerprint density at radius 2 is 1.55 bits per heavy atom. The van der Waals surface area contributed by atoms with E-state index in [0.717, 1.165) is 6.07 Å². The van der Waals surface area contributed by atoms with Crippen molar-refractivity contribution in [3.8, 4) is 0 Å². The number of nitrogens with zero attached hydrogens (tertiary/aromatic N) is 3. The van der Waals surface area contributed by atoms with Crippen LogP contribution in [0, 0.1) is 11.6 Å². The summed E-state index contributed by atoms with van der Waals surface area (Å²) < 4.78 is 63.8. The molecule has 2 atom stereocenters. The van der Waals surface area contributed by atoms with E-state index in [1.807, 2.05) is 0 Å². The lowest BCUT2D eigenvalue weighted by molar-refractivity contribution is -0.130. The maximum absolute atomic E-state index is 14.2. The van der Waals surface area contributed by atoms with E-state index < -0.39 is 45.4 Å². The number of piperidine rings is 1. The second-order valence-corrected chi connectivity index (χ2v) is 12.1. The SMILES string of the molecule is CC(=O)N1CCN(C(=O)OC2([C@H]3CCC[C@@H](c4cccc(F)c4)N3S(=O)(=O)c3cccc(F)c3)CC2)CC1. The van der Waals surface area contributed by atoms with E-state index in [-0.39, 0.29) is 10.8 Å².